The number of hydrogen-bond donors (Lipinski definition) is 0. The van der Waals surface area contributed by atoms with Crippen LogP contribution in [0.25, 0.3) is 38.9 Å². The zero-order valence-corrected chi connectivity index (χ0v) is 18.9. The van der Waals surface area contributed by atoms with E-state index in [2.05, 4.69) is 0 Å². The van der Waals surface area contributed by atoms with E-state index in [1.165, 1.54) is 12.1 Å². The molecule has 0 saturated heterocycles. The van der Waals surface area contributed by atoms with Crippen molar-refractivity contribution in [2.24, 2.45) is 0 Å². The molecule has 5 aromatic rings. The maximum absolute atomic E-state index is 13.7. The van der Waals surface area contributed by atoms with Gasteiger partial charge in [0.1, 0.15) is 21.7 Å². The van der Waals surface area contributed by atoms with Gasteiger partial charge in [0, 0.05) is 12.1 Å². The summed E-state index contributed by atoms with van der Waals surface area (Å²) in [5.41, 5.74) is 2.37. The van der Waals surface area contributed by atoms with Crippen molar-refractivity contribution in [2.45, 2.75) is 33.2 Å². The van der Waals surface area contributed by atoms with Gasteiger partial charge in [-0.05, 0) is 44.5 Å². The SMILES string of the molecule is CCC(C)n1c(C)nc2c(c1=O)c1nc3ccccc3nc1n2-c1ccc(Cl)c([N+](=O)[O-])c1. The minimum Gasteiger partial charge on any atom is -0.293 e. The first kappa shape index (κ1) is 21.0. The molecular weight excluding hydrogens is 444 g/mol. The van der Waals surface area contributed by atoms with Gasteiger partial charge in [0.2, 0.25) is 0 Å². The van der Waals surface area contributed by atoms with Gasteiger partial charge in [-0.3, -0.25) is 24.0 Å². The fraction of sp³-hybridized carbons (Fsp3) is 0.217. The van der Waals surface area contributed by atoms with Crippen molar-refractivity contribution in [3.05, 3.63) is 73.8 Å². The van der Waals surface area contributed by atoms with E-state index in [9.17, 15) is 14.9 Å². The van der Waals surface area contributed by atoms with Crippen LogP contribution in [0, 0.1) is 17.0 Å². The van der Waals surface area contributed by atoms with Crippen LogP contribution < -0.4 is 5.56 Å². The second-order valence-electron chi connectivity index (χ2n) is 7.90. The number of nitrogens with zero attached hydrogens (tertiary/aromatic N) is 6. The molecule has 3 aromatic heterocycles. The number of fused-ring (bicyclic) bond motifs is 4. The molecule has 1 unspecified atom stereocenters. The Morgan fingerprint density at radius 1 is 1.09 bits per heavy atom. The monoisotopic (exact) mass is 462 g/mol. The molecule has 0 saturated carbocycles. The van der Waals surface area contributed by atoms with Crippen molar-refractivity contribution in [3.63, 3.8) is 0 Å². The van der Waals surface area contributed by atoms with Crippen LogP contribution in [0.2, 0.25) is 5.02 Å². The zero-order valence-electron chi connectivity index (χ0n) is 18.1. The lowest BCUT2D eigenvalue weighted by atomic mass is 10.2. The maximum Gasteiger partial charge on any atom is 0.289 e. The van der Waals surface area contributed by atoms with Gasteiger partial charge in [-0.15, -0.1) is 0 Å². The highest BCUT2D eigenvalue weighted by Crippen LogP contribution is 2.32. The van der Waals surface area contributed by atoms with Crippen molar-refractivity contribution >= 4 is 50.5 Å². The molecule has 0 N–H and O–H groups in total. The number of rotatable bonds is 4. The topological polar surface area (TPSA) is 109 Å². The Balaban J connectivity index is 2.00. The van der Waals surface area contributed by atoms with E-state index in [0.717, 1.165) is 6.42 Å². The lowest BCUT2D eigenvalue weighted by molar-refractivity contribution is -0.384. The zero-order chi connectivity index (χ0) is 23.4. The lowest BCUT2D eigenvalue weighted by Gasteiger charge is -2.16. The number of hydrogen-bond acceptors (Lipinski definition) is 6. The van der Waals surface area contributed by atoms with E-state index in [4.69, 9.17) is 26.6 Å². The third kappa shape index (κ3) is 3.15. The van der Waals surface area contributed by atoms with Gasteiger partial charge >= 0.3 is 0 Å². The highest BCUT2D eigenvalue weighted by Gasteiger charge is 2.24. The molecule has 9 nitrogen and oxygen atoms in total. The normalized spacial score (nSPS) is 12.6. The van der Waals surface area contributed by atoms with Crippen molar-refractivity contribution in [1.29, 1.82) is 0 Å². The third-order valence-electron chi connectivity index (χ3n) is 5.90. The molecule has 0 aliphatic rings. The number of halogens is 1. The van der Waals surface area contributed by atoms with E-state index < -0.39 is 4.92 Å². The Morgan fingerprint density at radius 2 is 1.79 bits per heavy atom. The number of para-hydroxylation sites is 2. The van der Waals surface area contributed by atoms with E-state index in [-0.39, 0.29) is 22.3 Å². The largest absolute Gasteiger partial charge is 0.293 e. The Kier molecular flexibility index (Phi) is 4.86. The summed E-state index contributed by atoms with van der Waals surface area (Å²) in [5, 5.41) is 11.9. The third-order valence-corrected chi connectivity index (χ3v) is 6.22. The van der Waals surface area contributed by atoms with Crippen LogP contribution >= 0.6 is 11.6 Å². The fourth-order valence-electron chi connectivity index (χ4n) is 4.14. The van der Waals surface area contributed by atoms with E-state index in [0.29, 0.717) is 44.7 Å². The van der Waals surface area contributed by atoms with Crippen molar-refractivity contribution < 1.29 is 4.92 Å². The minimum absolute atomic E-state index is 0.0179. The molecule has 0 amide bonds. The van der Waals surface area contributed by atoms with Crippen LogP contribution in [0.1, 0.15) is 32.1 Å². The molecule has 0 fully saturated rings. The number of aromatic nitrogens is 5. The second-order valence-corrected chi connectivity index (χ2v) is 8.31. The highest BCUT2D eigenvalue weighted by atomic mass is 35.5. The molecule has 33 heavy (non-hydrogen) atoms. The average Bonchev–Trinajstić information content (AvgIpc) is 3.10. The summed E-state index contributed by atoms with van der Waals surface area (Å²) in [6.45, 7) is 5.74. The highest BCUT2D eigenvalue weighted by molar-refractivity contribution is 6.32. The molecule has 0 spiro atoms. The van der Waals surface area contributed by atoms with Crippen LogP contribution in [0.4, 0.5) is 5.69 Å². The first-order chi connectivity index (χ1) is 15.8. The van der Waals surface area contributed by atoms with Crippen LogP contribution in [0.15, 0.2) is 47.3 Å². The second kappa shape index (κ2) is 7.63. The number of nitro groups is 1. The molecule has 166 valence electrons. The summed E-state index contributed by atoms with van der Waals surface area (Å²) >= 11 is 6.04. The van der Waals surface area contributed by atoms with Crippen molar-refractivity contribution in [3.8, 4) is 5.69 Å². The molecule has 0 bridgehead atoms. The molecule has 10 heteroatoms. The van der Waals surface area contributed by atoms with Gasteiger partial charge in [0.15, 0.2) is 11.3 Å². The smallest absolute Gasteiger partial charge is 0.289 e. The quantitative estimate of drug-likeness (QED) is 0.270. The van der Waals surface area contributed by atoms with Crippen LogP contribution in [-0.4, -0.2) is 29.0 Å². The molecule has 5 rings (SSSR count). The Hall–Kier alpha value is -3.85. The van der Waals surface area contributed by atoms with Gasteiger partial charge in [0.05, 0.1) is 21.6 Å². The summed E-state index contributed by atoms with van der Waals surface area (Å²) in [7, 11) is 0. The standard InChI is InChI=1S/C23H19ClN6O3/c1-4-12(2)28-13(3)25-21-19(23(28)31)20-22(27-17-8-6-5-7-16(17)26-20)29(21)14-9-10-15(24)18(11-14)30(32)33/h5-12H,4H2,1-3H3. The van der Waals surface area contributed by atoms with Crippen molar-refractivity contribution in [2.75, 3.05) is 0 Å². The molecule has 3 heterocycles. The Labute approximate surface area is 192 Å². The van der Waals surface area contributed by atoms with E-state index in [1.54, 1.807) is 22.1 Å². The molecule has 0 aliphatic heterocycles. The minimum atomic E-state index is -0.546. The molecule has 2 aromatic carbocycles. The molecular formula is C23H19ClN6O3. The Morgan fingerprint density at radius 3 is 2.45 bits per heavy atom. The number of aryl methyl sites for hydroxylation is 1. The molecule has 1 atom stereocenters. The summed E-state index contributed by atoms with van der Waals surface area (Å²) in [6.07, 6.45) is 0.755. The van der Waals surface area contributed by atoms with Crippen molar-refractivity contribution in [1.82, 2.24) is 24.1 Å². The number of benzene rings is 2. The predicted molar refractivity (Wildman–Crippen MR) is 127 cm³/mol. The molecule has 0 aliphatic carbocycles. The summed E-state index contributed by atoms with van der Waals surface area (Å²) in [4.78, 5) is 38.9. The fourth-order valence-corrected chi connectivity index (χ4v) is 4.32. The van der Waals surface area contributed by atoms with Crippen LogP contribution in [0.3, 0.4) is 0 Å². The van der Waals surface area contributed by atoms with Gasteiger partial charge in [-0.25, -0.2) is 15.0 Å². The first-order valence-corrected chi connectivity index (χ1v) is 10.8. The summed E-state index contributed by atoms with van der Waals surface area (Å²) < 4.78 is 3.30. The van der Waals surface area contributed by atoms with E-state index in [1.807, 2.05) is 38.1 Å². The predicted octanol–water partition coefficient (Wildman–Crippen LogP) is 5.12. The maximum atomic E-state index is 13.7. The van der Waals surface area contributed by atoms with Gasteiger partial charge in [-0.2, -0.15) is 0 Å². The van der Waals surface area contributed by atoms with Gasteiger partial charge in [0.25, 0.3) is 11.2 Å². The molecule has 0 radical (unpaired) electrons. The van der Waals surface area contributed by atoms with E-state index >= 15 is 0 Å². The average molecular weight is 463 g/mol. The first-order valence-electron chi connectivity index (χ1n) is 10.5. The van der Waals surface area contributed by atoms with Crippen LogP contribution in [0.5, 0.6) is 0 Å². The summed E-state index contributed by atoms with van der Waals surface area (Å²) in [5.74, 6) is 0.541. The van der Waals surface area contributed by atoms with Crippen LogP contribution in [-0.2, 0) is 0 Å². The Bertz CT molecular complexity index is 1660. The lowest BCUT2D eigenvalue weighted by Crippen LogP contribution is -2.26. The summed E-state index contributed by atoms with van der Waals surface area (Å²) in [6, 6.07) is 11.7. The van der Waals surface area contributed by atoms with Gasteiger partial charge in [-0.1, -0.05) is 30.7 Å². The number of nitro benzene ring substituents is 1. The van der Waals surface area contributed by atoms with Gasteiger partial charge < -0.3 is 0 Å².